The van der Waals surface area contributed by atoms with Crippen molar-refractivity contribution in [3.05, 3.63) is 47.5 Å². The Balaban J connectivity index is 1.91. The Bertz CT molecular complexity index is 1040. The molecule has 8 nitrogen and oxygen atoms in total. The maximum Gasteiger partial charge on any atom is 0.294 e. The molecule has 1 aliphatic carbocycles. The zero-order valence-electron chi connectivity index (χ0n) is 16.6. The molecule has 2 aromatic rings. The second-order valence-corrected chi connectivity index (χ2v) is 10.1. The average molecular weight is 457 g/mol. The van der Waals surface area contributed by atoms with Gasteiger partial charge in [-0.3, -0.25) is 9.11 Å². The van der Waals surface area contributed by atoms with Crippen molar-refractivity contribution >= 4 is 20.2 Å². The van der Waals surface area contributed by atoms with Crippen LogP contribution < -0.4 is 9.47 Å². The summed E-state index contributed by atoms with van der Waals surface area (Å²) in [6.07, 6.45) is 2.29. The minimum atomic E-state index is -4.39. The summed E-state index contributed by atoms with van der Waals surface area (Å²) in [6, 6.07) is 8.84. The summed E-state index contributed by atoms with van der Waals surface area (Å²) in [7, 11) is -5.84. The van der Waals surface area contributed by atoms with Gasteiger partial charge in [0.05, 0.1) is 24.0 Å². The lowest BCUT2D eigenvalue weighted by atomic mass is 9.76. The minimum absolute atomic E-state index is 0.145. The standard InChI is InChI=1S/C20H24O8S2/c1-27-15-7-9-19(29(21,22)23)17(11-15)13-3-5-14(6-4-13)18-12-16(28-2)8-10-20(18)30(24,25)26/h7-14H,3-6H2,1-2H3,(H,21,22,23)(H,24,25,26). The number of ether oxygens (including phenoxy) is 2. The Labute approximate surface area is 176 Å². The van der Waals surface area contributed by atoms with Crippen molar-refractivity contribution in [3.63, 3.8) is 0 Å². The lowest BCUT2D eigenvalue weighted by molar-refractivity contribution is 0.378. The normalized spacial score (nSPS) is 20.0. The van der Waals surface area contributed by atoms with Crippen LogP contribution in [0.1, 0.15) is 48.6 Å². The van der Waals surface area contributed by atoms with Gasteiger partial charge in [-0.25, -0.2) is 0 Å². The highest BCUT2D eigenvalue weighted by Crippen LogP contribution is 2.44. The van der Waals surface area contributed by atoms with E-state index in [1.54, 1.807) is 12.1 Å². The highest BCUT2D eigenvalue weighted by atomic mass is 32.2. The van der Waals surface area contributed by atoms with Crippen LogP contribution in [0.5, 0.6) is 11.5 Å². The number of benzene rings is 2. The van der Waals surface area contributed by atoms with Crippen molar-refractivity contribution in [1.29, 1.82) is 0 Å². The molecule has 1 aliphatic rings. The molecule has 0 aliphatic heterocycles. The van der Waals surface area contributed by atoms with E-state index < -0.39 is 20.2 Å². The van der Waals surface area contributed by atoms with Crippen molar-refractivity contribution in [3.8, 4) is 11.5 Å². The molecule has 2 aromatic carbocycles. The van der Waals surface area contributed by atoms with E-state index >= 15 is 0 Å². The molecule has 2 N–H and O–H groups in total. The van der Waals surface area contributed by atoms with Gasteiger partial charge >= 0.3 is 0 Å². The molecule has 0 radical (unpaired) electrons. The molecule has 0 amide bonds. The monoisotopic (exact) mass is 456 g/mol. The third-order valence-corrected chi connectivity index (χ3v) is 7.45. The quantitative estimate of drug-likeness (QED) is 0.631. The van der Waals surface area contributed by atoms with Gasteiger partial charge in [0.2, 0.25) is 0 Å². The predicted molar refractivity (Wildman–Crippen MR) is 110 cm³/mol. The zero-order chi connectivity index (χ0) is 22.1. The Morgan fingerprint density at radius 2 is 1.03 bits per heavy atom. The smallest absolute Gasteiger partial charge is 0.294 e. The van der Waals surface area contributed by atoms with Crippen LogP contribution in [0, 0.1) is 0 Å². The molecule has 30 heavy (non-hydrogen) atoms. The number of methoxy groups -OCH3 is 2. The fraction of sp³-hybridized carbons (Fsp3) is 0.400. The summed E-state index contributed by atoms with van der Waals surface area (Å²) in [5.74, 6) is 0.683. The van der Waals surface area contributed by atoms with E-state index in [9.17, 15) is 25.9 Å². The summed E-state index contributed by atoms with van der Waals surface area (Å²) in [6.45, 7) is 0. The lowest BCUT2D eigenvalue weighted by Gasteiger charge is -2.31. The summed E-state index contributed by atoms with van der Waals surface area (Å²) in [4.78, 5) is -0.293. The molecule has 164 valence electrons. The van der Waals surface area contributed by atoms with E-state index in [2.05, 4.69) is 0 Å². The maximum atomic E-state index is 11.8. The Morgan fingerprint density at radius 1 is 0.700 bits per heavy atom. The van der Waals surface area contributed by atoms with Crippen LogP contribution in [0.2, 0.25) is 0 Å². The average Bonchev–Trinajstić information content (AvgIpc) is 2.71. The van der Waals surface area contributed by atoms with Gasteiger partial charge in [-0.15, -0.1) is 0 Å². The first-order valence-electron chi connectivity index (χ1n) is 9.35. The van der Waals surface area contributed by atoms with Crippen molar-refractivity contribution in [2.75, 3.05) is 14.2 Å². The molecular formula is C20H24O8S2. The lowest BCUT2D eigenvalue weighted by Crippen LogP contribution is -2.17. The van der Waals surface area contributed by atoms with Gasteiger partial charge in [-0.1, -0.05) is 0 Å². The molecule has 0 spiro atoms. The number of hydrogen-bond donors (Lipinski definition) is 2. The predicted octanol–water partition coefficient (Wildman–Crippen LogP) is 3.64. The molecular weight excluding hydrogens is 432 g/mol. The maximum absolute atomic E-state index is 11.8. The van der Waals surface area contributed by atoms with E-state index in [1.807, 2.05) is 0 Å². The highest BCUT2D eigenvalue weighted by molar-refractivity contribution is 7.86. The van der Waals surface area contributed by atoms with E-state index in [-0.39, 0.29) is 21.6 Å². The van der Waals surface area contributed by atoms with Crippen molar-refractivity contribution in [2.45, 2.75) is 47.3 Å². The fourth-order valence-electron chi connectivity index (χ4n) is 4.13. The van der Waals surface area contributed by atoms with Crippen LogP contribution in [0.25, 0.3) is 0 Å². The van der Waals surface area contributed by atoms with Crippen LogP contribution in [0.15, 0.2) is 46.2 Å². The van der Waals surface area contributed by atoms with Crippen LogP contribution in [-0.2, 0) is 20.2 Å². The third-order valence-electron chi connectivity index (χ3n) is 5.60. The van der Waals surface area contributed by atoms with Gasteiger partial charge in [0.25, 0.3) is 20.2 Å². The van der Waals surface area contributed by atoms with Gasteiger partial charge in [0.15, 0.2) is 0 Å². The van der Waals surface area contributed by atoms with Crippen molar-refractivity contribution in [2.24, 2.45) is 0 Å². The molecule has 0 heterocycles. The molecule has 10 heteroatoms. The summed E-state index contributed by atoms with van der Waals surface area (Å²) in [5, 5.41) is 0. The van der Waals surface area contributed by atoms with Crippen LogP contribution >= 0.6 is 0 Å². The van der Waals surface area contributed by atoms with Gasteiger partial charge in [-0.05, 0) is 85.0 Å². The van der Waals surface area contributed by atoms with Crippen molar-refractivity contribution in [1.82, 2.24) is 0 Å². The molecule has 0 aromatic heterocycles. The van der Waals surface area contributed by atoms with Crippen molar-refractivity contribution < 1.29 is 35.4 Å². The second kappa shape index (κ2) is 8.54. The van der Waals surface area contributed by atoms with E-state index in [0.29, 0.717) is 48.3 Å². The number of rotatable bonds is 6. The van der Waals surface area contributed by atoms with Crippen LogP contribution in [0.3, 0.4) is 0 Å². The minimum Gasteiger partial charge on any atom is -0.497 e. The first-order chi connectivity index (χ1) is 14.0. The zero-order valence-corrected chi connectivity index (χ0v) is 18.2. The second-order valence-electron chi connectivity index (χ2n) is 7.31. The Kier molecular flexibility index (Phi) is 6.42. The largest absolute Gasteiger partial charge is 0.497 e. The molecule has 1 saturated carbocycles. The Morgan fingerprint density at radius 3 is 1.30 bits per heavy atom. The molecule has 0 saturated heterocycles. The summed E-state index contributed by atoms with van der Waals surface area (Å²) >= 11 is 0. The fourth-order valence-corrected chi connectivity index (χ4v) is 5.66. The van der Waals surface area contributed by atoms with Crippen LogP contribution in [0.4, 0.5) is 0 Å². The molecule has 0 bridgehead atoms. The van der Waals surface area contributed by atoms with Gasteiger partial charge in [0, 0.05) is 0 Å². The van der Waals surface area contributed by atoms with E-state index in [0.717, 1.165) is 0 Å². The van der Waals surface area contributed by atoms with E-state index in [4.69, 9.17) is 9.47 Å². The van der Waals surface area contributed by atoms with Gasteiger partial charge in [0.1, 0.15) is 11.5 Å². The Hall–Kier alpha value is -2.14. The molecule has 1 fully saturated rings. The SMILES string of the molecule is COc1ccc(S(=O)(=O)O)c(C2CCC(c3cc(OC)ccc3S(=O)(=O)O)CC2)c1. The topological polar surface area (TPSA) is 127 Å². The summed E-state index contributed by atoms with van der Waals surface area (Å²) in [5.41, 5.74) is 0.965. The molecule has 0 unspecified atom stereocenters. The third kappa shape index (κ3) is 4.77. The molecule has 3 rings (SSSR count). The highest BCUT2D eigenvalue weighted by Gasteiger charge is 2.31. The molecule has 0 atom stereocenters. The van der Waals surface area contributed by atoms with E-state index in [1.165, 1.54) is 38.5 Å². The summed E-state index contributed by atoms with van der Waals surface area (Å²) < 4.78 is 76.9. The first-order valence-corrected chi connectivity index (χ1v) is 12.2. The number of hydrogen-bond acceptors (Lipinski definition) is 6. The van der Waals surface area contributed by atoms with Gasteiger partial charge < -0.3 is 9.47 Å². The van der Waals surface area contributed by atoms with Crippen LogP contribution in [-0.4, -0.2) is 40.2 Å². The first kappa shape index (κ1) is 22.5. The van der Waals surface area contributed by atoms with Gasteiger partial charge in [-0.2, -0.15) is 16.8 Å².